The SMILES string of the molecule is CC(C)(C)c1ccc(/C=C/C(=O)NCCSCc2ccc(Cl)c(Cl)c2)cc1. The minimum absolute atomic E-state index is 0.0787. The third-order valence-corrected chi connectivity index (χ3v) is 5.77. The Morgan fingerprint density at radius 1 is 1.07 bits per heavy atom. The van der Waals surface area contributed by atoms with Crippen LogP contribution < -0.4 is 5.32 Å². The molecule has 0 heterocycles. The van der Waals surface area contributed by atoms with Gasteiger partial charge in [0.25, 0.3) is 0 Å². The summed E-state index contributed by atoms with van der Waals surface area (Å²) in [6, 6.07) is 13.9. The van der Waals surface area contributed by atoms with Crippen LogP contribution in [0.1, 0.15) is 37.5 Å². The molecule has 0 radical (unpaired) electrons. The summed E-state index contributed by atoms with van der Waals surface area (Å²) in [5.41, 5.74) is 3.56. The van der Waals surface area contributed by atoms with E-state index in [0.29, 0.717) is 16.6 Å². The van der Waals surface area contributed by atoms with E-state index in [-0.39, 0.29) is 11.3 Å². The molecule has 0 saturated carbocycles. The van der Waals surface area contributed by atoms with Crippen LogP contribution in [0.15, 0.2) is 48.5 Å². The predicted octanol–water partition coefficient (Wildman–Crippen LogP) is 6.35. The van der Waals surface area contributed by atoms with E-state index >= 15 is 0 Å². The summed E-state index contributed by atoms with van der Waals surface area (Å²) in [5, 5.41) is 4.04. The predicted molar refractivity (Wildman–Crippen MR) is 120 cm³/mol. The maximum Gasteiger partial charge on any atom is 0.244 e. The van der Waals surface area contributed by atoms with Crippen molar-refractivity contribution in [1.82, 2.24) is 5.32 Å². The Morgan fingerprint density at radius 3 is 2.41 bits per heavy atom. The van der Waals surface area contributed by atoms with E-state index < -0.39 is 0 Å². The normalized spacial score (nSPS) is 11.7. The highest BCUT2D eigenvalue weighted by molar-refractivity contribution is 7.98. The summed E-state index contributed by atoms with van der Waals surface area (Å²) in [6.45, 7) is 7.18. The van der Waals surface area contributed by atoms with Crippen LogP contribution in [0, 0.1) is 0 Å². The minimum atomic E-state index is -0.0787. The largest absolute Gasteiger partial charge is 0.352 e. The van der Waals surface area contributed by atoms with Crippen molar-refractivity contribution in [3.05, 3.63) is 75.3 Å². The highest BCUT2D eigenvalue weighted by atomic mass is 35.5. The van der Waals surface area contributed by atoms with Crippen LogP contribution >= 0.6 is 35.0 Å². The molecule has 27 heavy (non-hydrogen) atoms. The summed E-state index contributed by atoms with van der Waals surface area (Å²) in [6.07, 6.45) is 3.42. The summed E-state index contributed by atoms with van der Waals surface area (Å²) in [5.74, 6) is 1.59. The third-order valence-electron chi connectivity index (χ3n) is 4.00. The monoisotopic (exact) mass is 421 g/mol. The zero-order valence-corrected chi connectivity index (χ0v) is 18.2. The van der Waals surface area contributed by atoms with Crippen molar-refractivity contribution < 1.29 is 4.79 Å². The van der Waals surface area contributed by atoms with Crippen molar-refractivity contribution in [2.45, 2.75) is 31.9 Å². The van der Waals surface area contributed by atoms with Gasteiger partial charge in [-0.1, -0.05) is 74.3 Å². The molecule has 1 N–H and O–H groups in total. The fourth-order valence-corrected chi connectivity index (χ4v) is 3.52. The average Bonchev–Trinajstić information content (AvgIpc) is 2.62. The van der Waals surface area contributed by atoms with Crippen molar-refractivity contribution in [2.24, 2.45) is 0 Å². The van der Waals surface area contributed by atoms with Crippen molar-refractivity contribution in [1.29, 1.82) is 0 Å². The van der Waals surface area contributed by atoms with Crippen LogP contribution in [-0.2, 0) is 16.0 Å². The van der Waals surface area contributed by atoms with Gasteiger partial charge in [0, 0.05) is 24.1 Å². The number of rotatable bonds is 7. The maximum atomic E-state index is 11.9. The lowest BCUT2D eigenvalue weighted by Gasteiger charge is -2.18. The molecule has 2 aromatic carbocycles. The molecule has 1 amide bonds. The molecule has 0 unspecified atom stereocenters. The third kappa shape index (κ3) is 7.61. The highest BCUT2D eigenvalue weighted by Crippen LogP contribution is 2.24. The van der Waals surface area contributed by atoms with Gasteiger partial charge in [-0.2, -0.15) is 11.8 Å². The minimum Gasteiger partial charge on any atom is -0.352 e. The van der Waals surface area contributed by atoms with E-state index in [9.17, 15) is 4.79 Å². The number of nitrogens with one attached hydrogen (secondary N) is 1. The quantitative estimate of drug-likeness (QED) is 0.416. The van der Waals surface area contributed by atoms with Gasteiger partial charge in [-0.3, -0.25) is 4.79 Å². The van der Waals surface area contributed by atoms with E-state index in [4.69, 9.17) is 23.2 Å². The number of thioether (sulfide) groups is 1. The zero-order valence-electron chi connectivity index (χ0n) is 15.9. The highest BCUT2D eigenvalue weighted by Gasteiger charge is 2.12. The Labute approximate surface area is 176 Å². The lowest BCUT2D eigenvalue weighted by molar-refractivity contribution is -0.116. The molecule has 2 nitrogen and oxygen atoms in total. The zero-order chi connectivity index (χ0) is 19.9. The smallest absolute Gasteiger partial charge is 0.244 e. The van der Waals surface area contributed by atoms with Gasteiger partial charge >= 0.3 is 0 Å². The Morgan fingerprint density at radius 2 is 1.78 bits per heavy atom. The molecule has 5 heteroatoms. The van der Waals surface area contributed by atoms with Gasteiger partial charge in [0.05, 0.1) is 10.0 Å². The number of carbonyl (C=O) groups is 1. The van der Waals surface area contributed by atoms with Crippen LogP contribution in [0.3, 0.4) is 0 Å². The second kappa shape index (κ2) is 10.2. The standard InChI is InChI=1S/C22H25Cl2NOS/c1-22(2,3)18-8-4-16(5-9-18)7-11-21(26)25-12-13-27-15-17-6-10-19(23)20(24)14-17/h4-11,14H,12-13,15H2,1-3H3,(H,25,26)/b11-7+. The molecule has 0 saturated heterocycles. The average molecular weight is 422 g/mol. The lowest BCUT2D eigenvalue weighted by Crippen LogP contribution is -2.23. The van der Waals surface area contributed by atoms with Crippen molar-refractivity contribution in [3.63, 3.8) is 0 Å². The molecule has 0 spiro atoms. The first-order valence-corrected chi connectivity index (χ1v) is 10.7. The molecular formula is C22H25Cl2NOS. The summed E-state index contributed by atoms with van der Waals surface area (Å²) in [4.78, 5) is 11.9. The molecule has 0 fully saturated rings. The second-order valence-electron chi connectivity index (χ2n) is 7.30. The Kier molecular flexibility index (Phi) is 8.28. The number of benzene rings is 2. The van der Waals surface area contributed by atoms with Crippen molar-refractivity contribution in [3.8, 4) is 0 Å². The van der Waals surface area contributed by atoms with Gasteiger partial charge in [-0.25, -0.2) is 0 Å². The van der Waals surface area contributed by atoms with Gasteiger partial charge in [-0.15, -0.1) is 0 Å². The fraction of sp³-hybridized carbons (Fsp3) is 0.318. The number of carbonyl (C=O) groups excluding carboxylic acids is 1. The molecule has 0 aliphatic heterocycles. The van der Waals surface area contributed by atoms with Crippen LogP contribution in [0.25, 0.3) is 6.08 Å². The fourth-order valence-electron chi connectivity index (χ4n) is 2.39. The number of hydrogen-bond donors (Lipinski definition) is 1. The number of amides is 1. The van der Waals surface area contributed by atoms with Gasteiger partial charge in [0.2, 0.25) is 5.91 Å². The first-order valence-electron chi connectivity index (χ1n) is 8.84. The molecule has 0 bridgehead atoms. The first-order chi connectivity index (χ1) is 12.8. The van der Waals surface area contributed by atoms with Crippen LogP contribution in [0.5, 0.6) is 0 Å². The van der Waals surface area contributed by atoms with E-state index in [1.807, 2.05) is 30.3 Å². The van der Waals surface area contributed by atoms with Gasteiger partial charge in [-0.05, 0) is 40.3 Å². The number of hydrogen-bond acceptors (Lipinski definition) is 2. The maximum absolute atomic E-state index is 11.9. The summed E-state index contributed by atoms with van der Waals surface area (Å²) < 4.78 is 0. The Bertz CT molecular complexity index is 795. The van der Waals surface area contributed by atoms with Crippen LogP contribution in [0.4, 0.5) is 0 Å². The number of halogens is 2. The second-order valence-corrected chi connectivity index (χ2v) is 9.22. The topological polar surface area (TPSA) is 29.1 Å². The molecule has 2 rings (SSSR count). The van der Waals surface area contributed by atoms with Crippen LogP contribution in [-0.4, -0.2) is 18.2 Å². The Balaban J connectivity index is 1.69. The van der Waals surface area contributed by atoms with Gasteiger partial charge < -0.3 is 5.32 Å². The molecule has 2 aromatic rings. The summed E-state index contributed by atoms with van der Waals surface area (Å²) in [7, 11) is 0. The summed E-state index contributed by atoms with van der Waals surface area (Å²) >= 11 is 13.7. The van der Waals surface area contributed by atoms with Crippen LogP contribution in [0.2, 0.25) is 10.0 Å². The first kappa shape index (κ1) is 21.9. The molecule has 0 atom stereocenters. The lowest BCUT2D eigenvalue weighted by atomic mass is 9.87. The van der Waals surface area contributed by atoms with Gasteiger partial charge in [0.1, 0.15) is 0 Å². The molecule has 144 valence electrons. The van der Waals surface area contributed by atoms with E-state index in [1.54, 1.807) is 23.9 Å². The van der Waals surface area contributed by atoms with Gasteiger partial charge in [0.15, 0.2) is 0 Å². The molecule has 0 aliphatic rings. The van der Waals surface area contributed by atoms with E-state index in [1.165, 1.54) is 5.56 Å². The van der Waals surface area contributed by atoms with E-state index in [2.05, 4.69) is 38.2 Å². The molecular weight excluding hydrogens is 397 g/mol. The Hall–Kier alpha value is -1.42. The molecule has 0 aromatic heterocycles. The van der Waals surface area contributed by atoms with Crippen molar-refractivity contribution in [2.75, 3.05) is 12.3 Å². The van der Waals surface area contributed by atoms with Crippen molar-refractivity contribution >= 4 is 46.9 Å². The van der Waals surface area contributed by atoms with E-state index in [0.717, 1.165) is 22.6 Å². The molecule has 0 aliphatic carbocycles.